The number of nitrogens with zero attached hydrogens (tertiary/aromatic N) is 3. The lowest BCUT2D eigenvalue weighted by Gasteiger charge is -2.05. The molecule has 0 aliphatic carbocycles. The lowest BCUT2D eigenvalue weighted by molar-refractivity contribution is 0.145. The van der Waals surface area contributed by atoms with Crippen molar-refractivity contribution in [3.05, 3.63) is 48.0 Å². The minimum Gasteiger partial charge on any atom is -0.368 e. The highest BCUT2D eigenvalue weighted by molar-refractivity contribution is 7.13. The number of hydrogen-bond acceptors (Lipinski definition) is 5. The summed E-state index contributed by atoms with van der Waals surface area (Å²) in [5.41, 5.74) is 0.714. The fourth-order valence-corrected chi connectivity index (χ4v) is 2.79. The van der Waals surface area contributed by atoms with E-state index in [9.17, 15) is 8.78 Å². The molecule has 21 heavy (non-hydrogen) atoms. The number of benzene rings is 1. The molecule has 1 N–H and O–H groups in total. The van der Waals surface area contributed by atoms with Crippen LogP contribution in [0.3, 0.4) is 0 Å². The highest BCUT2D eigenvalue weighted by atomic mass is 32.1. The summed E-state index contributed by atoms with van der Waals surface area (Å²) in [6.45, 7) is 0.621. The molecular weight excluding hydrogens is 294 g/mol. The molecule has 0 unspecified atom stereocenters. The second-order valence-corrected chi connectivity index (χ2v) is 5.23. The molecule has 0 atom stereocenters. The summed E-state index contributed by atoms with van der Waals surface area (Å²) in [7, 11) is 0. The summed E-state index contributed by atoms with van der Waals surface area (Å²) in [5.74, 6) is 0.485. The zero-order valence-corrected chi connectivity index (χ0v) is 11.8. The van der Waals surface area contributed by atoms with Gasteiger partial charge in [0, 0.05) is 18.4 Å². The predicted octanol–water partition coefficient (Wildman–Crippen LogP) is 3.68. The number of alkyl halides is 2. The normalized spacial score (nSPS) is 11.2. The van der Waals surface area contributed by atoms with E-state index in [0.29, 0.717) is 12.4 Å². The second-order valence-electron chi connectivity index (χ2n) is 4.43. The van der Waals surface area contributed by atoms with Gasteiger partial charge in [0.1, 0.15) is 11.5 Å². The molecule has 2 aromatic heterocycles. The monoisotopic (exact) mass is 306 g/mol. The Labute approximate surface area is 124 Å². The number of nitrogens with one attached hydrogen (secondary N) is 1. The summed E-state index contributed by atoms with van der Waals surface area (Å²) in [4.78, 5) is 7.56. The Morgan fingerprint density at radius 3 is 2.76 bits per heavy atom. The Morgan fingerprint density at radius 1 is 1.14 bits per heavy atom. The first kappa shape index (κ1) is 13.8. The van der Waals surface area contributed by atoms with Crippen molar-refractivity contribution >= 4 is 27.4 Å². The highest BCUT2D eigenvalue weighted by Crippen LogP contribution is 2.22. The third-order valence-electron chi connectivity index (χ3n) is 3.02. The van der Waals surface area contributed by atoms with Crippen LogP contribution in [0.1, 0.15) is 17.8 Å². The summed E-state index contributed by atoms with van der Waals surface area (Å²) in [5, 5.41) is 4.22. The van der Waals surface area contributed by atoms with E-state index in [-0.39, 0.29) is 5.69 Å². The zero-order valence-electron chi connectivity index (χ0n) is 11.0. The van der Waals surface area contributed by atoms with Crippen molar-refractivity contribution in [1.82, 2.24) is 14.3 Å². The first-order valence-corrected chi connectivity index (χ1v) is 7.18. The molecule has 108 valence electrons. The summed E-state index contributed by atoms with van der Waals surface area (Å²) in [6.07, 6.45) is 0.557. The van der Waals surface area contributed by atoms with Crippen molar-refractivity contribution in [2.75, 3.05) is 11.9 Å². The maximum atomic E-state index is 12.4. The van der Waals surface area contributed by atoms with Crippen LogP contribution in [0, 0.1) is 0 Å². The highest BCUT2D eigenvalue weighted by Gasteiger charge is 2.09. The number of aromatic nitrogens is 3. The van der Waals surface area contributed by atoms with Gasteiger partial charge in [0.25, 0.3) is 6.43 Å². The lowest BCUT2D eigenvalue weighted by atomic mass is 10.2. The molecule has 1 aromatic carbocycles. The molecule has 0 saturated heterocycles. The predicted molar refractivity (Wildman–Crippen MR) is 78.8 cm³/mol. The van der Waals surface area contributed by atoms with E-state index in [1.807, 2.05) is 24.3 Å². The van der Waals surface area contributed by atoms with E-state index in [1.165, 1.54) is 17.7 Å². The number of rotatable bonds is 5. The molecule has 3 aromatic rings. The van der Waals surface area contributed by atoms with Crippen molar-refractivity contribution < 1.29 is 8.78 Å². The number of fused-ring (bicyclic) bond motifs is 1. The van der Waals surface area contributed by atoms with Crippen LogP contribution in [0.2, 0.25) is 0 Å². The van der Waals surface area contributed by atoms with Crippen molar-refractivity contribution in [2.24, 2.45) is 0 Å². The molecule has 0 aliphatic heterocycles. The van der Waals surface area contributed by atoms with Crippen LogP contribution in [0.5, 0.6) is 0 Å². The van der Waals surface area contributed by atoms with Crippen LogP contribution < -0.4 is 5.32 Å². The topological polar surface area (TPSA) is 50.7 Å². The minimum absolute atomic E-state index is 0.314. The SMILES string of the molecule is FC(F)c1cnc(NCCc2nsc3ccccc23)cn1. The summed E-state index contributed by atoms with van der Waals surface area (Å²) >= 11 is 1.48. The van der Waals surface area contributed by atoms with Gasteiger partial charge in [-0.1, -0.05) is 18.2 Å². The van der Waals surface area contributed by atoms with Gasteiger partial charge in [-0.25, -0.2) is 18.7 Å². The number of halogens is 2. The first-order valence-electron chi connectivity index (χ1n) is 6.41. The molecule has 0 bridgehead atoms. The van der Waals surface area contributed by atoms with Gasteiger partial charge >= 0.3 is 0 Å². The van der Waals surface area contributed by atoms with Crippen molar-refractivity contribution in [3.63, 3.8) is 0 Å². The van der Waals surface area contributed by atoms with E-state index in [2.05, 4.69) is 19.7 Å². The van der Waals surface area contributed by atoms with Crippen LogP contribution in [0.15, 0.2) is 36.7 Å². The Morgan fingerprint density at radius 2 is 2.00 bits per heavy atom. The Balaban J connectivity index is 1.61. The molecule has 0 fully saturated rings. The Hall–Kier alpha value is -2.15. The first-order chi connectivity index (χ1) is 10.2. The molecule has 2 heterocycles. The third-order valence-corrected chi connectivity index (χ3v) is 3.88. The maximum absolute atomic E-state index is 12.4. The standard InChI is InChI=1S/C14H12F2N4S/c15-14(16)11-7-19-13(8-18-11)17-6-5-10-9-3-1-2-4-12(9)21-20-10/h1-4,7-8,14H,5-6H2,(H,17,19). The second kappa shape index (κ2) is 6.09. The summed E-state index contributed by atoms with van der Waals surface area (Å²) < 4.78 is 30.3. The van der Waals surface area contributed by atoms with Crippen molar-refractivity contribution in [1.29, 1.82) is 0 Å². The Kier molecular flexibility index (Phi) is 4.01. The molecule has 7 heteroatoms. The van der Waals surface area contributed by atoms with Crippen LogP contribution >= 0.6 is 11.5 Å². The van der Waals surface area contributed by atoms with Gasteiger partial charge in [0.05, 0.1) is 22.8 Å². The Bertz CT molecular complexity index is 727. The van der Waals surface area contributed by atoms with Gasteiger partial charge in [-0.2, -0.15) is 4.37 Å². The molecule has 0 aliphatic rings. The van der Waals surface area contributed by atoms with E-state index < -0.39 is 6.43 Å². The van der Waals surface area contributed by atoms with E-state index in [1.54, 1.807) is 0 Å². The maximum Gasteiger partial charge on any atom is 0.281 e. The number of hydrogen-bond donors (Lipinski definition) is 1. The molecular formula is C14H12F2N4S. The van der Waals surface area contributed by atoms with Gasteiger partial charge in [-0.3, -0.25) is 0 Å². The van der Waals surface area contributed by atoms with Gasteiger partial charge < -0.3 is 5.32 Å². The van der Waals surface area contributed by atoms with E-state index in [0.717, 1.165) is 28.4 Å². The van der Waals surface area contributed by atoms with Gasteiger partial charge in [0.15, 0.2) is 0 Å². The van der Waals surface area contributed by atoms with E-state index in [4.69, 9.17) is 0 Å². The van der Waals surface area contributed by atoms with Crippen LogP contribution in [0.25, 0.3) is 10.1 Å². The molecule has 4 nitrogen and oxygen atoms in total. The molecule has 0 saturated carbocycles. The minimum atomic E-state index is -2.59. The number of anilines is 1. The van der Waals surface area contributed by atoms with Gasteiger partial charge in [-0.05, 0) is 17.6 Å². The van der Waals surface area contributed by atoms with E-state index >= 15 is 0 Å². The quantitative estimate of drug-likeness (QED) is 0.781. The summed E-state index contributed by atoms with van der Waals surface area (Å²) in [6, 6.07) is 8.06. The fraction of sp³-hybridized carbons (Fsp3) is 0.214. The average molecular weight is 306 g/mol. The third kappa shape index (κ3) is 3.13. The lowest BCUT2D eigenvalue weighted by Crippen LogP contribution is -2.07. The van der Waals surface area contributed by atoms with Crippen LogP contribution in [-0.4, -0.2) is 20.9 Å². The zero-order chi connectivity index (χ0) is 14.7. The smallest absolute Gasteiger partial charge is 0.281 e. The van der Waals surface area contributed by atoms with Crippen molar-refractivity contribution in [2.45, 2.75) is 12.8 Å². The van der Waals surface area contributed by atoms with Crippen LogP contribution in [0.4, 0.5) is 14.6 Å². The van der Waals surface area contributed by atoms with Gasteiger partial charge in [-0.15, -0.1) is 0 Å². The van der Waals surface area contributed by atoms with Crippen LogP contribution in [-0.2, 0) is 6.42 Å². The fourth-order valence-electron chi connectivity index (χ4n) is 1.97. The largest absolute Gasteiger partial charge is 0.368 e. The average Bonchev–Trinajstić information content (AvgIpc) is 2.91. The van der Waals surface area contributed by atoms with Crippen molar-refractivity contribution in [3.8, 4) is 0 Å². The molecule has 0 spiro atoms. The molecule has 0 radical (unpaired) electrons. The van der Waals surface area contributed by atoms with Gasteiger partial charge in [0.2, 0.25) is 0 Å². The molecule has 0 amide bonds. The molecule has 3 rings (SSSR count).